The number of hydrogen-bond acceptors (Lipinski definition) is 4. The molecule has 100 valence electrons. The fourth-order valence-corrected chi connectivity index (χ4v) is 4.03. The van der Waals surface area contributed by atoms with Crippen LogP contribution >= 0.6 is 7.37 Å². The van der Waals surface area contributed by atoms with Crippen molar-refractivity contribution >= 4 is 13.1 Å². The summed E-state index contributed by atoms with van der Waals surface area (Å²) >= 11 is 0. The molecule has 0 atom stereocenters. The van der Waals surface area contributed by atoms with E-state index in [0.717, 1.165) is 12.8 Å². The minimum absolute atomic E-state index is 0.104. The van der Waals surface area contributed by atoms with Crippen molar-refractivity contribution < 1.29 is 14.0 Å². The molecule has 0 heterocycles. The molecular weight excluding hydrogens is 253 g/mol. The molecule has 0 saturated carbocycles. The van der Waals surface area contributed by atoms with Crippen LogP contribution in [0.25, 0.3) is 0 Å². The van der Waals surface area contributed by atoms with Crippen molar-refractivity contribution in [2.75, 3.05) is 12.3 Å². The van der Waals surface area contributed by atoms with E-state index < -0.39 is 12.3 Å². The van der Waals surface area contributed by atoms with Gasteiger partial charge in [-0.2, -0.15) is 0 Å². The molecule has 0 fully saturated rings. The number of rotatable bonds is 7. The second-order valence-electron chi connectivity index (χ2n) is 4.08. The Balaban J connectivity index is 3.01. The van der Waals surface area contributed by atoms with Crippen LogP contribution in [-0.4, -0.2) is 17.2 Å². The Labute approximate surface area is 107 Å². The average Bonchev–Trinajstić information content (AvgIpc) is 2.29. The predicted octanol–water partition coefficient (Wildman–Crippen LogP) is 4.07. The summed E-state index contributed by atoms with van der Waals surface area (Å²) in [6.07, 6.45) is 2.37. The molecule has 1 aromatic rings. The Hall–Kier alpha value is -1.35. The first-order chi connectivity index (χ1) is 8.52. The van der Waals surface area contributed by atoms with Crippen molar-refractivity contribution in [1.29, 1.82) is 0 Å². The minimum Gasteiger partial charge on any atom is -0.436 e. The van der Waals surface area contributed by atoms with Gasteiger partial charge in [0.15, 0.2) is 0 Å². The van der Waals surface area contributed by atoms with Gasteiger partial charge in [-0.3, -0.25) is 14.7 Å². The molecule has 0 spiro atoms. The first kappa shape index (κ1) is 14.7. The molecule has 0 bridgehead atoms. The predicted molar refractivity (Wildman–Crippen MR) is 71.6 cm³/mol. The van der Waals surface area contributed by atoms with Gasteiger partial charge >= 0.3 is 5.69 Å². The van der Waals surface area contributed by atoms with Crippen LogP contribution in [-0.2, 0) is 4.57 Å². The summed E-state index contributed by atoms with van der Waals surface area (Å²) in [4.78, 5) is 10.3. The third-order valence-corrected chi connectivity index (χ3v) is 5.24. The highest BCUT2D eigenvalue weighted by Gasteiger charge is 2.26. The SMILES string of the molecule is CCCP(=O)(CCC)Oc1ccccc1[N+](=O)[O-]. The molecule has 0 radical (unpaired) electrons. The van der Waals surface area contributed by atoms with Crippen LogP contribution in [0.5, 0.6) is 5.75 Å². The molecule has 18 heavy (non-hydrogen) atoms. The fourth-order valence-electron chi connectivity index (χ4n) is 1.75. The molecule has 0 unspecified atom stereocenters. The van der Waals surface area contributed by atoms with Gasteiger partial charge in [-0.1, -0.05) is 26.0 Å². The Kier molecular flexibility index (Phi) is 5.35. The zero-order valence-corrected chi connectivity index (χ0v) is 11.6. The summed E-state index contributed by atoms with van der Waals surface area (Å²) in [5.41, 5.74) is -0.134. The lowest BCUT2D eigenvalue weighted by atomic mass is 10.3. The summed E-state index contributed by atoms with van der Waals surface area (Å²) in [6.45, 7) is 3.84. The standard InChI is InChI=1S/C12H18NO4P/c1-3-9-18(16,10-4-2)17-12-8-6-5-7-11(12)13(14)15/h5-8H,3-4,9-10H2,1-2H3. The van der Waals surface area contributed by atoms with Gasteiger partial charge in [0.2, 0.25) is 13.1 Å². The van der Waals surface area contributed by atoms with E-state index in [1.165, 1.54) is 12.1 Å². The van der Waals surface area contributed by atoms with Crippen LogP contribution in [0, 0.1) is 10.1 Å². The summed E-state index contributed by atoms with van der Waals surface area (Å²) in [6, 6.07) is 6.06. The first-order valence-corrected chi connectivity index (χ1v) is 8.03. The van der Waals surface area contributed by atoms with E-state index in [2.05, 4.69) is 0 Å². The topological polar surface area (TPSA) is 69.4 Å². The summed E-state index contributed by atoms with van der Waals surface area (Å²) in [5, 5.41) is 10.9. The van der Waals surface area contributed by atoms with E-state index in [0.29, 0.717) is 12.3 Å². The largest absolute Gasteiger partial charge is 0.436 e. The molecule has 0 N–H and O–H groups in total. The van der Waals surface area contributed by atoms with Crippen molar-refractivity contribution in [3.8, 4) is 5.75 Å². The molecule has 6 heteroatoms. The Bertz CT molecular complexity index is 451. The normalized spacial score (nSPS) is 11.2. The summed E-state index contributed by atoms with van der Waals surface area (Å²) in [5.74, 6) is 0.104. The van der Waals surface area contributed by atoms with Gasteiger partial charge in [-0.05, 0) is 18.9 Å². The molecule has 0 aliphatic rings. The fraction of sp³-hybridized carbons (Fsp3) is 0.500. The van der Waals surface area contributed by atoms with Crippen LogP contribution in [0.3, 0.4) is 0 Å². The highest BCUT2D eigenvalue weighted by Crippen LogP contribution is 2.49. The maximum absolute atomic E-state index is 12.5. The zero-order valence-electron chi connectivity index (χ0n) is 10.7. The van der Waals surface area contributed by atoms with Crippen molar-refractivity contribution in [3.63, 3.8) is 0 Å². The Morgan fingerprint density at radius 2 is 1.78 bits per heavy atom. The van der Waals surface area contributed by atoms with E-state index in [9.17, 15) is 14.7 Å². The van der Waals surface area contributed by atoms with Crippen LogP contribution in [0.2, 0.25) is 0 Å². The molecule has 1 aromatic carbocycles. The van der Waals surface area contributed by atoms with Gasteiger partial charge in [0, 0.05) is 18.4 Å². The number of nitrogens with zero attached hydrogens (tertiary/aromatic N) is 1. The smallest absolute Gasteiger partial charge is 0.311 e. The van der Waals surface area contributed by atoms with Crippen molar-refractivity contribution in [2.24, 2.45) is 0 Å². The maximum atomic E-state index is 12.5. The van der Waals surface area contributed by atoms with E-state index in [4.69, 9.17) is 4.52 Å². The molecule has 0 saturated heterocycles. The van der Waals surface area contributed by atoms with Gasteiger partial charge < -0.3 is 4.52 Å². The third-order valence-electron chi connectivity index (χ3n) is 2.46. The minimum atomic E-state index is -2.81. The van der Waals surface area contributed by atoms with E-state index in [1.807, 2.05) is 13.8 Å². The van der Waals surface area contributed by atoms with Crippen molar-refractivity contribution in [3.05, 3.63) is 34.4 Å². The van der Waals surface area contributed by atoms with E-state index in [1.54, 1.807) is 12.1 Å². The molecule has 0 aromatic heterocycles. The van der Waals surface area contributed by atoms with Crippen LogP contribution < -0.4 is 4.52 Å². The third kappa shape index (κ3) is 3.84. The lowest BCUT2D eigenvalue weighted by Crippen LogP contribution is -2.03. The molecule has 1 rings (SSSR count). The Morgan fingerprint density at radius 1 is 1.22 bits per heavy atom. The summed E-state index contributed by atoms with van der Waals surface area (Å²) in [7, 11) is -2.81. The van der Waals surface area contributed by atoms with E-state index >= 15 is 0 Å². The Morgan fingerprint density at radius 3 is 2.28 bits per heavy atom. The van der Waals surface area contributed by atoms with Gasteiger partial charge in [0.25, 0.3) is 0 Å². The van der Waals surface area contributed by atoms with Crippen LogP contribution in [0.1, 0.15) is 26.7 Å². The monoisotopic (exact) mass is 271 g/mol. The number of para-hydroxylation sites is 2. The second-order valence-corrected chi connectivity index (χ2v) is 6.78. The van der Waals surface area contributed by atoms with Gasteiger partial charge in [-0.15, -0.1) is 0 Å². The lowest BCUT2D eigenvalue weighted by molar-refractivity contribution is -0.385. The van der Waals surface area contributed by atoms with Gasteiger partial charge in [-0.25, -0.2) is 0 Å². The van der Waals surface area contributed by atoms with Crippen LogP contribution in [0.4, 0.5) is 5.69 Å². The number of hydrogen-bond donors (Lipinski definition) is 0. The maximum Gasteiger partial charge on any atom is 0.311 e. The molecule has 5 nitrogen and oxygen atoms in total. The number of benzene rings is 1. The highest BCUT2D eigenvalue weighted by atomic mass is 31.2. The molecular formula is C12H18NO4P. The highest BCUT2D eigenvalue weighted by molar-refractivity contribution is 7.59. The molecule has 0 aliphatic heterocycles. The molecule has 0 aliphatic carbocycles. The molecule has 0 amide bonds. The van der Waals surface area contributed by atoms with Gasteiger partial charge in [0.05, 0.1) is 4.92 Å². The lowest BCUT2D eigenvalue weighted by Gasteiger charge is -2.18. The second kappa shape index (κ2) is 6.55. The van der Waals surface area contributed by atoms with Crippen LogP contribution in [0.15, 0.2) is 24.3 Å². The van der Waals surface area contributed by atoms with Crippen molar-refractivity contribution in [1.82, 2.24) is 0 Å². The number of nitro benzene ring substituents is 1. The van der Waals surface area contributed by atoms with Crippen molar-refractivity contribution in [2.45, 2.75) is 26.7 Å². The average molecular weight is 271 g/mol. The van der Waals surface area contributed by atoms with Gasteiger partial charge in [0.1, 0.15) is 0 Å². The first-order valence-electron chi connectivity index (χ1n) is 6.03. The van der Waals surface area contributed by atoms with E-state index in [-0.39, 0.29) is 11.4 Å². The summed E-state index contributed by atoms with van der Waals surface area (Å²) < 4.78 is 18.0. The number of nitro groups is 1. The zero-order chi connectivity index (χ0) is 13.6. The quantitative estimate of drug-likeness (QED) is 0.426.